The van der Waals surface area contributed by atoms with Crippen molar-refractivity contribution in [1.29, 1.82) is 0 Å². The average Bonchev–Trinajstić information content (AvgIpc) is 1.79. The quantitative estimate of drug-likeness (QED) is 0.422. The van der Waals surface area contributed by atoms with Gasteiger partial charge < -0.3 is 9.47 Å². The summed E-state index contributed by atoms with van der Waals surface area (Å²) in [4.78, 5) is 20.2. The van der Waals surface area contributed by atoms with Gasteiger partial charge in [-0.25, -0.2) is 0 Å². The first kappa shape index (κ1) is 8.94. The molecule has 0 unspecified atom stereocenters. The van der Waals surface area contributed by atoms with Gasteiger partial charge in [0.1, 0.15) is 6.61 Å². The van der Waals surface area contributed by atoms with Crippen molar-refractivity contribution >= 4 is 11.9 Å². The van der Waals surface area contributed by atoms with Gasteiger partial charge in [0.2, 0.25) is 0 Å². The van der Waals surface area contributed by atoms with Gasteiger partial charge in [-0.1, -0.05) is 0 Å². The molecular weight excluding hydrogens is 136 g/mol. The summed E-state index contributed by atoms with van der Waals surface area (Å²) in [6.45, 7) is 3.69. The summed E-state index contributed by atoms with van der Waals surface area (Å²) in [5.41, 5.74) is 0. The largest absolute Gasteiger partial charge is 0.462 e. The lowest BCUT2D eigenvalue weighted by Crippen LogP contribution is -2.05. The van der Waals surface area contributed by atoms with E-state index in [4.69, 9.17) is 0 Å². The van der Waals surface area contributed by atoms with Gasteiger partial charge in [0.25, 0.3) is 0 Å². The fourth-order valence-electron chi connectivity index (χ4n) is 0.303. The Morgan fingerprint density at radius 1 is 1.30 bits per heavy atom. The second kappa shape index (κ2) is 4.78. The van der Waals surface area contributed by atoms with Crippen LogP contribution in [0.5, 0.6) is 0 Å². The predicted molar refractivity (Wildman–Crippen MR) is 32.7 cm³/mol. The Bertz CT molecular complexity index is 114. The Morgan fingerprint density at radius 3 is 2.30 bits per heavy atom. The Hall–Kier alpha value is -1.06. The van der Waals surface area contributed by atoms with Gasteiger partial charge in [-0.2, -0.15) is 0 Å². The normalized spacial score (nSPS) is 8.60. The van der Waals surface area contributed by atoms with Crippen molar-refractivity contribution in [3.8, 4) is 0 Å². The molecule has 0 saturated heterocycles. The van der Waals surface area contributed by atoms with E-state index in [0.29, 0.717) is 0 Å². The van der Waals surface area contributed by atoms with Crippen molar-refractivity contribution in [2.24, 2.45) is 0 Å². The maximum atomic E-state index is 10.1. The van der Waals surface area contributed by atoms with Crippen LogP contribution in [0.25, 0.3) is 0 Å². The first-order chi connectivity index (χ1) is 4.63. The minimum atomic E-state index is -0.424. The number of hydrogen-bond acceptors (Lipinski definition) is 4. The zero-order valence-corrected chi connectivity index (χ0v) is 5.92. The fourth-order valence-corrected chi connectivity index (χ4v) is 0.303. The van der Waals surface area contributed by atoms with Gasteiger partial charge in [-0.05, 0) is 0 Å². The number of rotatable bonds is 3. The Morgan fingerprint density at radius 2 is 1.90 bits per heavy atom. The van der Waals surface area contributed by atoms with E-state index >= 15 is 0 Å². The van der Waals surface area contributed by atoms with Crippen molar-refractivity contribution < 1.29 is 19.1 Å². The summed E-state index contributed by atoms with van der Waals surface area (Å²) in [7, 11) is 0. The molecule has 0 N–H and O–H groups in total. The zero-order valence-electron chi connectivity index (χ0n) is 5.92. The van der Waals surface area contributed by atoms with E-state index in [1.807, 2.05) is 0 Å². The number of ether oxygens (including phenoxy) is 2. The van der Waals surface area contributed by atoms with Crippen LogP contribution in [0.1, 0.15) is 13.8 Å². The second-order valence-corrected chi connectivity index (χ2v) is 1.58. The standard InChI is InChI=1S/C6H9O4/c1-5(7)9-3-4-10-6(2)8/h3H,4H2,1-2H3. The first-order valence-electron chi connectivity index (χ1n) is 2.75. The minimum Gasteiger partial charge on any atom is -0.462 e. The van der Waals surface area contributed by atoms with Gasteiger partial charge in [0, 0.05) is 13.8 Å². The molecule has 0 atom stereocenters. The third kappa shape index (κ3) is 6.94. The van der Waals surface area contributed by atoms with Crippen LogP contribution in [0.2, 0.25) is 0 Å². The van der Waals surface area contributed by atoms with E-state index in [0.717, 1.165) is 6.61 Å². The van der Waals surface area contributed by atoms with Crippen LogP contribution in [0, 0.1) is 6.61 Å². The molecule has 57 valence electrons. The molecule has 0 rings (SSSR count). The maximum Gasteiger partial charge on any atom is 0.303 e. The van der Waals surface area contributed by atoms with E-state index in [-0.39, 0.29) is 6.61 Å². The predicted octanol–water partition coefficient (Wildman–Crippen LogP) is 0.274. The molecule has 0 saturated carbocycles. The van der Waals surface area contributed by atoms with Crippen LogP contribution in [0.4, 0.5) is 0 Å². The Kier molecular flexibility index (Phi) is 4.28. The molecular formula is C6H9O4. The van der Waals surface area contributed by atoms with Crippen molar-refractivity contribution in [2.45, 2.75) is 13.8 Å². The zero-order chi connectivity index (χ0) is 7.98. The molecule has 0 aliphatic carbocycles. The van der Waals surface area contributed by atoms with Crippen LogP contribution in [-0.4, -0.2) is 18.5 Å². The fraction of sp³-hybridized carbons (Fsp3) is 0.500. The molecule has 0 aromatic carbocycles. The van der Waals surface area contributed by atoms with Gasteiger partial charge in [0.15, 0.2) is 6.61 Å². The first-order valence-corrected chi connectivity index (χ1v) is 2.75. The third-order valence-corrected chi connectivity index (χ3v) is 0.604. The number of carbonyl (C=O) groups excluding carboxylic acids is 2. The molecule has 0 bridgehead atoms. The molecule has 4 heteroatoms. The highest BCUT2D eigenvalue weighted by Crippen LogP contribution is 1.84. The lowest BCUT2D eigenvalue weighted by molar-refractivity contribution is -0.145. The summed E-state index contributed by atoms with van der Waals surface area (Å²) in [6, 6.07) is 0. The maximum absolute atomic E-state index is 10.1. The highest BCUT2D eigenvalue weighted by Gasteiger charge is 1.95. The molecule has 0 fully saturated rings. The number of esters is 2. The van der Waals surface area contributed by atoms with Crippen LogP contribution in [-0.2, 0) is 19.1 Å². The molecule has 0 amide bonds. The number of hydrogen-bond donors (Lipinski definition) is 0. The smallest absolute Gasteiger partial charge is 0.303 e. The molecule has 0 aliphatic heterocycles. The van der Waals surface area contributed by atoms with Crippen LogP contribution < -0.4 is 0 Å². The van der Waals surface area contributed by atoms with Crippen molar-refractivity contribution in [2.75, 3.05) is 6.61 Å². The van der Waals surface area contributed by atoms with E-state index in [9.17, 15) is 9.59 Å². The van der Waals surface area contributed by atoms with E-state index in [1.54, 1.807) is 0 Å². The summed E-state index contributed by atoms with van der Waals surface area (Å²) in [5.74, 6) is -0.824. The van der Waals surface area contributed by atoms with E-state index in [1.165, 1.54) is 13.8 Å². The minimum absolute atomic E-state index is 0.00884. The van der Waals surface area contributed by atoms with Crippen molar-refractivity contribution in [1.82, 2.24) is 0 Å². The van der Waals surface area contributed by atoms with Crippen molar-refractivity contribution in [3.63, 3.8) is 0 Å². The monoisotopic (exact) mass is 145 g/mol. The summed E-state index contributed by atoms with van der Waals surface area (Å²) >= 11 is 0. The molecule has 0 aromatic rings. The van der Waals surface area contributed by atoms with E-state index < -0.39 is 11.9 Å². The SMILES string of the molecule is CC(=O)O[CH]COC(C)=O. The Balaban J connectivity index is 3.06. The average molecular weight is 145 g/mol. The molecule has 1 radical (unpaired) electrons. The summed E-state index contributed by atoms with van der Waals surface area (Å²) in [5, 5.41) is 0. The summed E-state index contributed by atoms with van der Waals surface area (Å²) < 4.78 is 8.77. The Labute approximate surface area is 59.1 Å². The molecule has 0 spiro atoms. The molecule has 4 nitrogen and oxygen atoms in total. The van der Waals surface area contributed by atoms with Gasteiger partial charge in [-0.15, -0.1) is 0 Å². The molecule has 10 heavy (non-hydrogen) atoms. The van der Waals surface area contributed by atoms with Gasteiger partial charge in [-0.3, -0.25) is 9.59 Å². The lowest BCUT2D eigenvalue weighted by atomic mass is 10.7. The van der Waals surface area contributed by atoms with Crippen molar-refractivity contribution in [3.05, 3.63) is 6.61 Å². The molecule has 0 heterocycles. The van der Waals surface area contributed by atoms with Crippen LogP contribution in [0.3, 0.4) is 0 Å². The van der Waals surface area contributed by atoms with Crippen LogP contribution in [0.15, 0.2) is 0 Å². The third-order valence-electron chi connectivity index (χ3n) is 0.604. The highest BCUT2D eigenvalue weighted by molar-refractivity contribution is 5.67. The van der Waals surface area contributed by atoms with Gasteiger partial charge in [0.05, 0.1) is 0 Å². The highest BCUT2D eigenvalue weighted by atomic mass is 16.6. The van der Waals surface area contributed by atoms with E-state index in [2.05, 4.69) is 9.47 Å². The topological polar surface area (TPSA) is 52.6 Å². The van der Waals surface area contributed by atoms with Gasteiger partial charge >= 0.3 is 11.9 Å². The second-order valence-electron chi connectivity index (χ2n) is 1.58. The lowest BCUT2D eigenvalue weighted by Gasteiger charge is -1.99. The number of carbonyl (C=O) groups is 2. The molecule has 0 aliphatic rings. The summed E-state index contributed by atoms with van der Waals surface area (Å²) in [6.07, 6.45) is 0. The van der Waals surface area contributed by atoms with Crippen LogP contribution >= 0.6 is 0 Å². The molecule has 0 aromatic heterocycles.